The zero-order chi connectivity index (χ0) is 19.8. The Balaban J connectivity index is 1.56. The number of likely N-dealkylation sites (tertiary alicyclic amines) is 2. The van der Waals surface area contributed by atoms with Crippen molar-refractivity contribution in [1.82, 2.24) is 9.80 Å². The molecule has 0 spiro atoms. The number of amides is 2. The van der Waals surface area contributed by atoms with Crippen LogP contribution >= 0.6 is 11.6 Å². The molecule has 4 rings (SSSR count). The van der Waals surface area contributed by atoms with Gasteiger partial charge >= 0.3 is 0 Å². The van der Waals surface area contributed by atoms with Crippen molar-refractivity contribution in [2.45, 2.75) is 58.4 Å². The van der Waals surface area contributed by atoms with Gasteiger partial charge in [0.2, 0.25) is 5.91 Å². The van der Waals surface area contributed by atoms with Gasteiger partial charge in [0.05, 0.1) is 5.02 Å². The lowest BCUT2D eigenvalue weighted by Crippen LogP contribution is -2.45. The van der Waals surface area contributed by atoms with E-state index < -0.39 is 0 Å². The maximum Gasteiger partial charge on any atom is 0.290 e. The fourth-order valence-corrected chi connectivity index (χ4v) is 4.87. The number of rotatable bonds is 4. The van der Waals surface area contributed by atoms with E-state index in [0.29, 0.717) is 22.8 Å². The van der Waals surface area contributed by atoms with Crippen LogP contribution in [0.4, 0.5) is 0 Å². The first-order valence-electron chi connectivity index (χ1n) is 10.2. The third-order valence-corrected chi connectivity index (χ3v) is 6.40. The number of piperidine rings is 1. The van der Waals surface area contributed by atoms with Crippen molar-refractivity contribution >= 4 is 34.4 Å². The van der Waals surface area contributed by atoms with E-state index >= 15 is 0 Å². The molecule has 2 aromatic rings. The molecule has 0 saturated carbocycles. The number of hydrogen-bond acceptors (Lipinski definition) is 3. The number of carbonyl (C=O) groups excluding carboxylic acids is 2. The highest BCUT2D eigenvalue weighted by molar-refractivity contribution is 6.35. The number of nitrogens with zero attached hydrogens (tertiary/aromatic N) is 2. The van der Waals surface area contributed by atoms with E-state index in [2.05, 4.69) is 0 Å². The van der Waals surface area contributed by atoms with Crippen molar-refractivity contribution in [3.63, 3.8) is 0 Å². The summed E-state index contributed by atoms with van der Waals surface area (Å²) in [7, 11) is 0. The Morgan fingerprint density at radius 2 is 2.04 bits per heavy atom. The summed E-state index contributed by atoms with van der Waals surface area (Å²) in [4.78, 5) is 29.2. The smallest absolute Gasteiger partial charge is 0.290 e. The zero-order valence-electron chi connectivity index (χ0n) is 16.6. The number of furan rings is 1. The van der Waals surface area contributed by atoms with E-state index in [0.717, 1.165) is 68.3 Å². The molecule has 0 aliphatic carbocycles. The number of fused-ring (bicyclic) bond motifs is 1. The van der Waals surface area contributed by atoms with E-state index in [1.54, 1.807) is 0 Å². The summed E-state index contributed by atoms with van der Waals surface area (Å²) in [5.74, 6) is 0.582. The predicted molar refractivity (Wildman–Crippen MR) is 110 cm³/mol. The van der Waals surface area contributed by atoms with Gasteiger partial charge in [0.25, 0.3) is 5.91 Å². The summed E-state index contributed by atoms with van der Waals surface area (Å²) < 4.78 is 5.96. The van der Waals surface area contributed by atoms with E-state index in [9.17, 15) is 9.59 Å². The minimum Gasteiger partial charge on any atom is -0.449 e. The SMILES string of the molecule is Cc1cc(Cl)c2oc(C(=O)N3CCCC[C@H]3CCN3CCCC3=O)c(C)c2c1. The number of aryl methyl sites for hydroxylation is 2. The first-order valence-corrected chi connectivity index (χ1v) is 10.6. The molecule has 28 heavy (non-hydrogen) atoms. The molecular formula is C22H27ClN2O3. The van der Waals surface area contributed by atoms with Gasteiger partial charge in [0.1, 0.15) is 0 Å². The second-order valence-electron chi connectivity index (χ2n) is 8.10. The number of halogens is 1. The molecule has 2 saturated heterocycles. The molecule has 1 atom stereocenters. The molecule has 6 heteroatoms. The molecule has 0 radical (unpaired) electrons. The molecule has 0 N–H and O–H groups in total. The monoisotopic (exact) mass is 402 g/mol. The van der Waals surface area contributed by atoms with Crippen molar-refractivity contribution < 1.29 is 14.0 Å². The normalized spacial score (nSPS) is 20.4. The summed E-state index contributed by atoms with van der Waals surface area (Å²) in [6, 6.07) is 4.03. The molecule has 1 aromatic carbocycles. The molecule has 1 aromatic heterocycles. The molecule has 0 bridgehead atoms. The summed E-state index contributed by atoms with van der Waals surface area (Å²) in [6.07, 6.45) is 5.54. The van der Waals surface area contributed by atoms with Crippen LogP contribution in [-0.2, 0) is 4.79 Å². The molecule has 2 aliphatic heterocycles. The summed E-state index contributed by atoms with van der Waals surface area (Å²) in [5.41, 5.74) is 2.49. The van der Waals surface area contributed by atoms with Crippen molar-refractivity contribution in [2.24, 2.45) is 0 Å². The zero-order valence-corrected chi connectivity index (χ0v) is 17.3. The Morgan fingerprint density at radius 1 is 1.21 bits per heavy atom. The van der Waals surface area contributed by atoms with E-state index in [1.165, 1.54) is 0 Å². The predicted octanol–water partition coefficient (Wildman–Crippen LogP) is 4.71. The fraction of sp³-hybridized carbons (Fsp3) is 0.545. The van der Waals surface area contributed by atoms with Gasteiger partial charge in [0.15, 0.2) is 11.3 Å². The van der Waals surface area contributed by atoms with Gasteiger partial charge in [-0.2, -0.15) is 0 Å². The highest BCUT2D eigenvalue weighted by atomic mass is 35.5. The van der Waals surface area contributed by atoms with Gasteiger partial charge in [-0.1, -0.05) is 11.6 Å². The van der Waals surface area contributed by atoms with Crippen LogP contribution in [0.15, 0.2) is 16.5 Å². The van der Waals surface area contributed by atoms with Crippen LogP contribution in [0.3, 0.4) is 0 Å². The van der Waals surface area contributed by atoms with Crippen molar-refractivity contribution in [2.75, 3.05) is 19.6 Å². The van der Waals surface area contributed by atoms with Gasteiger partial charge < -0.3 is 14.2 Å². The summed E-state index contributed by atoms with van der Waals surface area (Å²) in [5, 5.41) is 1.45. The van der Waals surface area contributed by atoms with E-state index in [1.807, 2.05) is 35.8 Å². The maximum atomic E-state index is 13.4. The van der Waals surface area contributed by atoms with Crippen molar-refractivity contribution in [3.8, 4) is 0 Å². The van der Waals surface area contributed by atoms with Gasteiger partial charge in [-0.25, -0.2) is 0 Å². The number of carbonyl (C=O) groups is 2. The Labute approximate surface area is 170 Å². The lowest BCUT2D eigenvalue weighted by Gasteiger charge is -2.36. The Hall–Kier alpha value is -2.01. The fourth-order valence-electron chi connectivity index (χ4n) is 4.56. The van der Waals surface area contributed by atoms with Crippen LogP contribution in [0.1, 0.15) is 60.2 Å². The average molecular weight is 403 g/mol. The van der Waals surface area contributed by atoms with Crippen molar-refractivity contribution in [3.05, 3.63) is 34.0 Å². The summed E-state index contributed by atoms with van der Waals surface area (Å²) in [6.45, 7) is 6.23. The highest BCUT2D eigenvalue weighted by Gasteiger charge is 2.32. The van der Waals surface area contributed by atoms with Gasteiger partial charge in [0, 0.05) is 43.0 Å². The average Bonchev–Trinajstić information content (AvgIpc) is 3.23. The van der Waals surface area contributed by atoms with Gasteiger partial charge in [-0.15, -0.1) is 0 Å². The number of hydrogen-bond donors (Lipinski definition) is 0. The minimum atomic E-state index is -0.0557. The van der Waals surface area contributed by atoms with Crippen LogP contribution in [0.25, 0.3) is 11.0 Å². The largest absolute Gasteiger partial charge is 0.449 e. The van der Waals surface area contributed by atoms with E-state index in [-0.39, 0.29) is 17.9 Å². The van der Waals surface area contributed by atoms with Gasteiger partial charge in [-0.05, 0) is 63.6 Å². The molecule has 0 unspecified atom stereocenters. The molecule has 2 fully saturated rings. The molecule has 5 nitrogen and oxygen atoms in total. The Bertz CT molecular complexity index is 920. The lowest BCUT2D eigenvalue weighted by molar-refractivity contribution is -0.127. The Morgan fingerprint density at radius 3 is 2.79 bits per heavy atom. The molecule has 3 heterocycles. The van der Waals surface area contributed by atoms with E-state index in [4.69, 9.17) is 16.0 Å². The Kier molecular flexibility index (Phi) is 5.37. The van der Waals surface area contributed by atoms with Crippen LogP contribution in [0.2, 0.25) is 5.02 Å². The van der Waals surface area contributed by atoms with Crippen LogP contribution < -0.4 is 0 Å². The maximum absolute atomic E-state index is 13.4. The topological polar surface area (TPSA) is 53.8 Å². The quantitative estimate of drug-likeness (QED) is 0.744. The third-order valence-electron chi connectivity index (χ3n) is 6.12. The molecule has 150 valence electrons. The standard InChI is InChI=1S/C22H27ClN2O3/c1-14-12-17-15(2)20(28-21(17)18(23)13-14)22(27)25-10-4-3-6-16(25)8-11-24-9-5-7-19(24)26/h12-13,16H,3-11H2,1-2H3/t16-/m0/s1. The first kappa shape index (κ1) is 19.3. The van der Waals surface area contributed by atoms with Crippen LogP contribution in [-0.4, -0.2) is 47.3 Å². The molecular weight excluding hydrogens is 376 g/mol. The second-order valence-corrected chi connectivity index (χ2v) is 8.51. The first-order chi connectivity index (χ1) is 13.5. The summed E-state index contributed by atoms with van der Waals surface area (Å²) >= 11 is 6.35. The molecule has 2 amide bonds. The number of benzene rings is 1. The second kappa shape index (κ2) is 7.78. The van der Waals surface area contributed by atoms with Crippen LogP contribution in [0, 0.1) is 13.8 Å². The van der Waals surface area contributed by atoms with Crippen LogP contribution in [0.5, 0.6) is 0 Å². The highest BCUT2D eigenvalue weighted by Crippen LogP contribution is 2.34. The minimum absolute atomic E-state index is 0.0557. The van der Waals surface area contributed by atoms with Crippen molar-refractivity contribution in [1.29, 1.82) is 0 Å². The third kappa shape index (κ3) is 3.52. The molecule has 2 aliphatic rings. The van der Waals surface area contributed by atoms with Gasteiger partial charge in [-0.3, -0.25) is 9.59 Å². The lowest BCUT2D eigenvalue weighted by atomic mass is 9.98.